The highest BCUT2D eigenvalue weighted by atomic mass is 16.3. The molecule has 1 aromatic heterocycles. The van der Waals surface area contributed by atoms with Gasteiger partial charge in [-0.25, -0.2) is 0 Å². The third-order valence-electron chi connectivity index (χ3n) is 1.70. The standard InChI is InChI=1S/C8H12N2O2/c1-5(11)8(9)6-2-3-10-7(12)4-6/h2-5,8,11H,9H2,1H3,(H,10,12)/t5-,8-/m0/s1. The molecule has 0 radical (unpaired) electrons. The topological polar surface area (TPSA) is 79.1 Å². The van der Waals surface area contributed by atoms with E-state index in [0.717, 1.165) is 0 Å². The number of hydrogen-bond donors (Lipinski definition) is 3. The zero-order chi connectivity index (χ0) is 9.14. The Morgan fingerprint density at radius 1 is 1.67 bits per heavy atom. The van der Waals surface area contributed by atoms with Crippen LogP contribution in [0.2, 0.25) is 0 Å². The molecule has 0 bridgehead atoms. The molecule has 4 N–H and O–H groups in total. The number of rotatable bonds is 2. The van der Waals surface area contributed by atoms with Crippen molar-refractivity contribution in [2.24, 2.45) is 5.73 Å². The molecule has 0 unspecified atom stereocenters. The average molecular weight is 168 g/mol. The lowest BCUT2D eigenvalue weighted by Crippen LogP contribution is -2.24. The summed E-state index contributed by atoms with van der Waals surface area (Å²) < 4.78 is 0. The summed E-state index contributed by atoms with van der Waals surface area (Å²) in [4.78, 5) is 13.3. The Hall–Kier alpha value is -1.13. The molecule has 1 aromatic rings. The molecule has 4 heteroatoms. The summed E-state index contributed by atoms with van der Waals surface area (Å²) >= 11 is 0. The normalized spacial score (nSPS) is 15.6. The van der Waals surface area contributed by atoms with Crippen molar-refractivity contribution < 1.29 is 5.11 Å². The Morgan fingerprint density at radius 2 is 2.33 bits per heavy atom. The molecule has 0 fully saturated rings. The number of aliphatic hydroxyl groups excluding tert-OH is 1. The maximum atomic E-state index is 10.8. The number of nitrogens with one attached hydrogen (secondary N) is 1. The molecule has 0 aliphatic rings. The van der Waals surface area contributed by atoms with Gasteiger partial charge in [-0.05, 0) is 18.6 Å². The fourth-order valence-corrected chi connectivity index (χ4v) is 0.947. The van der Waals surface area contributed by atoms with Gasteiger partial charge in [-0.15, -0.1) is 0 Å². The van der Waals surface area contributed by atoms with Crippen LogP contribution in [-0.2, 0) is 0 Å². The van der Waals surface area contributed by atoms with Crippen LogP contribution in [0, 0.1) is 0 Å². The van der Waals surface area contributed by atoms with Gasteiger partial charge in [-0.2, -0.15) is 0 Å². The predicted molar refractivity (Wildman–Crippen MR) is 45.7 cm³/mol. The van der Waals surface area contributed by atoms with Gasteiger partial charge in [-0.3, -0.25) is 4.79 Å². The second-order valence-corrected chi connectivity index (χ2v) is 2.75. The van der Waals surface area contributed by atoms with Crippen molar-refractivity contribution in [3.05, 3.63) is 34.2 Å². The summed E-state index contributed by atoms with van der Waals surface area (Å²) in [6, 6.07) is 2.57. The van der Waals surface area contributed by atoms with E-state index in [4.69, 9.17) is 10.8 Å². The number of pyridine rings is 1. The first kappa shape index (κ1) is 8.96. The van der Waals surface area contributed by atoms with Gasteiger partial charge < -0.3 is 15.8 Å². The van der Waals surface area contributed by atoms with E-state index in [-0.39, 0.29) is 5.56 Å². The summed E-state index contributed by atoms with van der Waals surface area (Å²) in [7, 11) is 0. The molecule has 2 atom stereocenters. The van der Waals surface area contributed by atoms with Crippen molar-refractivity contribution in [2.45, 2.75) is 19.1 Å². The predicted octanol–water partition coefficient (Wildman–Crippen LogP) is -0.245. The molecule has 0 aliphatic carbocycles. The van der Waals surface area contributed by atoms with E-state index in [9.17, 15) is 4.79 Å². The minimum absolute atomic E-state index is 0.205. The van der Waals surface area contributed by atoms with E-state index in [1.54, 1.807) is 13.0 Å². The fraction of sp³-hybridized carbons (Fsp3) is 0.375. The number of hydrogen-bond acceptors (Lipinski definition) is 3. The zero-order valence-corrected chi connectivity index (χ0v) is 6.82. The van der Waals surface area contributed by atoms with Crippen molar-refractivity contribution in [3.63, 3.8) is 0 Å². The Balaban J connectivity index is 2.95. The Bertz CT molecular complexity index is 306. The number of nitrogens with two attached hydrogens (primary N) is 1. The number of H-pyrrole nitrogens is 1. The second kappa shape index (κ2) is 3.51. The van der Waals surface area contributed by atoms with Gasteiger partial charge in [0.25, 0.3) is 0 Å². The van der Waals surface area contributed by atoms with Crippen molar-refractivity contribution in [1.29, 1.82) is 0 Å². The minimum Gasteiger partial charge on any atom is -0.391 e. The molecule has 0 aliphatic heterocycles. The van der Waals surface area contributed by atoms with Crippen LogP contribution in [0.5, 0.6) is 0 Å². The van der Waals surface area contributed by atoms with E-state index in [1.807, 2.05) is 0 Å². The lowest BCUT2D eigenvalue weighted by atomic mass is 10.1. The van der Waals surface area contributed by atoms with Crippen LogP contribution in [0.25, 0.3) is 0 Å². The van der Waals surface area contributed by atoms with Crippen molar-refractivity contribution in [2.75, 3.05) is 0 Å². The van der Waals surface area contributed by atoms with Gasteiger partial charge in [0.1, 0.15) is 0 Å². The van der Waals surface area contributed by atoms with Gasteiger partial charge in [0, 0.05) is 12.3 Å². The SMILES string of the molecule is C[C@H](O)[C@H](N)c1cc[nH]c(=O)c1. The number of aromatic nitrogens is 1. The highest BCUT2D eigenvalue weighted by molar-refractivity contribution is 5.15. The molecule has 12 heavy (non-hydrogen) atoms. The van der Waals surface area contributed by atoms with Crippen LogP contribution < -0.4 is 11.3 Å². The molecule has 0 spiro atoms. The number of aromatic amines is 1. The summed E-state index contributed by atoms with van der Waals surface area (Å²) in [5, 5.41) is 9.13. The maximum Gasteiger partial charge on any atom is 0.248 e. The first-order chi connectivity index (χ1) is 5.61. The quantitative estimate of drug-likeness (QED) is 0.570. The van der Waals surface area contributed by atoms with Gasteiger partial charge in [-0.1, -0.05) is 0 Å². The Labute approximate surface area is 70.0 Å². The Kier molecular flexibility index (Phi) is 2.62. The number of aliphatic hydroxyl groups is 1. The highest BCUT2D eigenvalue weighted by Crippen LogP contribution is 2.10. The molecule has 0 amide bonds. The first-order valence-corrected chi connectivity index (χ1v) is 3.73. The summed E-state index contributed by atoms with van der Waals surface area (Å²) in [5.41, 5.74) is 6.05. The van der Waals surface area contributed by atoms with Crippen molar-refractivity contribution in [1.82, 2.24) is 4.98 Å². The van der Waals surface area contributed by atoms with Gasteiger partial charge in [0.15, 0.2) is 0 Å². The van der Waals surface area contributed by atoms with Crippen LogP contribution in [0.4, 0.5) is 0 Å². The van der Waals surface area contributed by atoms with E-state index >= 15 is 0 Å². The first-order valence-electron chi connectivity index (χ1n) is 3.73. The van der Waals surface area contributed by atoms with E-state index < -0.39 is 12.1 Å². The molecule has 1 rings (SSSR count). The van der Waals surface area contributed by atoms with Crippen LogP contribution in [0.1, 0.15) is 18.5 Å². The average Bonchev–Trinajstić information content (AvgIpc) is 2.03. The van der Waals surface area contributed by atoms with Crippen LogP contribution in [0.3, 0.4) is 0 Å². The maximum absolute atomic E-state index is 10.8. The molecule has 0 saturated heterocycles. The van der Waals surface area contributed by atoms with E-state index in [2.05, 4.69) is 4.98 Å². The van der Waals surface area contributed by atoms with Crippen LogP contribution in [-0.4, -0.2) is 16.2 Å². The smallest absolute Gasteiger partial charge is 0.248 e. The van der Waals surface area contributed by atoms with E-state index in [0.29, 0.717) is 5.56 Å². The zero-order valence-electron chi connectivity index (χ0n) is 6.82. The largest absolute Gasteiger partial charge is 0.391 e. The summed E-state index contributed by atoms with van der Waals surface area (Å²) in [6.07, 6.45) is 0.867. The van der Waals surface area contributed by atoms with Gasteiger partial charge in [0.05, 0.1) is 12.1 Å². The van der Waals surface area contributed by atoms with Crippen LogP contribution in [0.15, 0.2) is 23.1 Å². The summed E-state index contributed by atoms with van der Waals surface area (Å²) in [6.45, 7) is 1.59. The monoisotopic (exact) mass is 168 g/mol. The molecule has 66 valence electrons. The third-order valence-corrected chi connectivity index (χ3v) is 1.70. The molecule has 1 heterocycles. The van der Waals surface area contributed by atoms with Gasteiger partial charge >= 0.3 is 0 Å². The molecular weight excluding hydrogens is 156 g/mol. The molecule has 0 saturated carbocycles. The molecule has 0 aromatic carbocycles. The lowest BCUT2D eigenvalue weighted by Gasteiger charge is -2.13. The van der Waals surface area contributed by atoms with Gasteiger partial charge in [0.2, 0.25) is 5.56 Å². The highest BCUT2D eigenvalue weighted by Gasteiger charge is 2.11. The van der Waals surface area contributed by atoms with Crippen molar-refractivity contribution in [3.8, 4) is 0 Å². The lowest BCUT2D eigenvalue weighted by molar-refractivity contribution is 0.164. The molecular formula is C8H12N2O2. The summed E-state index contributed by atoms with van der Waals surface area (Å²) in [5.74, 6) is 0. The minimum atomic E-state index is -0.646. The fourth-order valence-electron chi connectivity index (χ4n) is 0.947. The van der Waals surface area contributed by atoms with Crippen LogP contribution >= 0.6 is 0 Å². The second-order valence-electron chi connectivity index (χ2n) is 2.75. The van der Waals surface area contributed by atoms with Crippen molar-refractivity contribution >= 4 is 0 Å². The van der Waals surface area contributed by atoms with E-state index in [1.165, 1.54) is 12.3 Å². The molecule has 4 nitrogen and oxygen atoms in total. The third kappa shape index (κ3) is 1.93. The Morgan fingerprint density at radius 3 is 2.83 bits per heavy atom.